The van der Waals surface area contributed by atoms with E-state index in [0.29, 0.717) is 24.6 Å². The molecule has 0 saturated heterocycles. The van der Waals surface area contributed by atoms with Gasteiger partial charge in [-0.25, -0.2) is 4.68 Å². The van der Waals surface area contributed by atoms with Crippen molar-refractivity contribution >= 4 is 10.8 Å². The first-order valence-electron chi connectivity index (χ1n) is 4.52. The van der Waals surface area contributed by atoms with Crippen LogP contribution in [0.25, 0.3) is 0 Å². The minimum absolute atomic E-state index is 0.609. The molecule has 0 aliphatic heterocycles. The largest absolute Gasteiger partial charge is 0.313 e. The van der Waals surface area contributed by atoms with Gasteiger partial charge in [-0.2, -0.15) is 0 Å². The minimum atomic E-state index is -0.761. The molecule has 1 aromatic heterocycles. The maximum Gasteiger partial charge on any atom is 0.165 e. The van der Waals surface area contributed by atoms with Gasteiger partial charge in [-0.3, -0.25) is 4.21 Å². The fourth-order valence-electron chi connectivity index (χ4n) is 1.01. The van der Waals surface area contributed by atoms with Crippen LogP contribution in [-0.4, -0.2) is 43.0 Å². The molecule has 0 fully saturated rings. The van der Waals surface area contributed by atoms with E-state index in [0.717, 1.165) is 5.82 Å². The van der Waals surface area contributed by atoms with Crippen molar-refractivity contribution in [3.8, 4) is 0 Å². The number of hydrogen-bond acceptors (Lipinski definition) is 5. The lowest BCUT2D eigenvalue weighted by atomic mass is 10.6. The highest BCUT2D eigenvalue weighted by Gasteiger charge is 2.05. The summed E-state index contributed by atoms with van der Waals surface area (Å²) < 4.78 is 12.9. The summed E-state index contributed by atoms with van der Waals surface area (Å²) in [5.41, 5.74) is 0. The lowest BCUT2D eigenvalue weighted by molar-refractivity contribution is 0.581. The van der Waals surface area contributed by atoms with Gasteiger partial charge in [0.1, 0.15) is 0 Å². The van der Waals surface area contributed by atoms with E-state index in [1.54, 1.807) is 4.68 Å². The molecule has 6 nitrogen and oxygen atoms in total. The first-order chi connectivity index (χ1) is 6.77. The Kier molecular flexibility index (Phi) is 4.68. The molecule has 80 valence electrons. The van der Waals surface area contributed by atoms with Crippen LogP contribution in [0.5, 0.6) is 0 Å². The quantitative estimate of drug-likeness (QED) is 0.672. The van der Waals surface area contributed by atoms with E-state index in [1.165, 1.54) is 0 Å². The molecule has 0 aliphatic rings. The predicted octanol–water partition coefficient (Wildman–Crippen LogP) is -0.839. The maximum atomic E-state index is 11.2. The van der Waals surface area contributed by atoms with Gasteiger partial charge >= 0.3 is 0 Å². The first-order valence-corrected chi connectivity index (χ1v) is 6.01. The summed E-state index contributed by atoms with van der Waals surface area (Å²) in [5, 5.41) is 14.2. The molecule has 1 unspecified atom stereocenters. The molecule has 7 heteroatoms. The van der Waals surface area contributed by atoms with Gasteiger partial charge in [-0.05, 0) is 17.5 Å². The van der Waals surface area contributed by atoms with Crippen molar-refractivity contribution in [3.63, 3.8) is 0 Å². The molecule has 0 saturated carbocycles. The van der Waals surface area contributed by atoms with Crippen molar-refractivity contribution in [2.45, 2.75) is 20.0 Å². The van der Waals surface area contributed by atoms with Gasteiger partial charge in [0.2, 0.25) is 0 Å². The predicted molar refractivity (Wildman–Crippen MR) is 54.1 cm³/mol. The summed E-state index contributed by atoms with van der Waals surface area (Å²) in [4.78, 5) is 0. The van der Waals surface area contributed by atoms with Crippen LogP contribution in [0.4, 0.5) is 0 Å². The van der Waals surface area contributed by atoms with Crippen LogP contribution in [0.15, 0.2) is 0 Å². The van der Waals surface area contributed by atoms with Crippen LogP contribution in [0.3, 0.4) is 0 Å². The molecule has 1 atom stereocenters. The van der Waals surface area contributed by atoms with Gasteiger partial charge in [0.15, 0.2) is 5.82 Å². The average molecular weight is 217 g/mol. The van der Waals surface area contributed by atoms with Crippen LogP contribution in [0.1, 0.15) is 12.7 Å². The van der Waals surface area contributed by atoms with Crippen LogP contribution in [-0.2, 0) is 23.9 Å². The monoisotopic (exact) mass is 217 g/mol. The second kappa shape index (κ2) is 5.82. The van der Waals surface area contributed by atoms with E-state index < -0.39 is 10.8 Å². The highest BCUT2D eigenvalue weighted by molar-refractivity contribution is 7.84. The van der Waals surface area contributed by atoms with E-state index in [4.69, 9.17) is 0 Å². The summed E-state index contributed by atoms with van der Waals surface area (Å²) in [6.45, 7) is 3.15. The van der Waals surface area contributed by atoms with Gasteiger partial charge < -0.3 is 5.32 Å². The Morgan fingerprint density at radius 2 is 2.36 bits per heavy atom. The average Bonchev–Trinajstić information content (AvgIpc) is 2.62. The molecule has 1 N–H and O–H groups in total. The van der Waals surface area contributed by atoms with E-state index in [-0.39, 0.29) is 0 Å². The van der Waals surface area contributed by atoms with Gasteiger partial charge in [-0.1, -0.05) is 6.92 Å². The summed E-state index contributed by atoms with van der Waals surface area (Å²) >= 11 is 0. The van der Waals surface area contributed by atoms with Gasteiger partial charge in [-0.15, -0.1) is 5.10 Å². The van der Waals surface area contributed by atoms with E-state index in [2.05, 4.69) is 20.8 Å². The standard InChI is InChI=1S/C7H15N5OS/c1-3-14(13)5-4-12-7(6-8-2)9-10-11-12/h8H,3-6H2,1-2H3. The van der Waals surface area contributed by atoms with Gasteiger partial charge in [0.05, 0.1) is 13.1 Å². The van der Waals surface area contributed by atoms with Crippen molar-refractivity contribution < 1.29 is 4.21 Å². The molecule has 0 spiro atoms. The number of rotatable bonds is 6. The number of aryl methyl sites for hydroxylation is 1. The van der Waals surface area contributed by atoms with Crippen LogP contribution in [0, 0.1) is 0 Å². The molecule has 0 radical (unpaired) electrons. The van der Waals surface area contributed by atoms with Crippen LogP contribution < -0.4 is 5.32 Å². The molecular formula is C7H15N5OS. The zero-order valence-corrected chi connectivity index (χ0v) is 9.25. The molecule has 0 aromatic carbocycles. The third kappa shape index (κ3) is 3.15. The molecule has 1 heterocycles. The summed E-state index contributed by atoms with van der Waals surface area (Å²) in [5.74, 6) is 2.07. The van der Waals surface area contributed by atoms with Gasteiger partial charge in [0.25, 0.3) is 0 Å². The highest BCUT2D eigenvalue weighted by Crippen LogP contribution is 1.92. The second-order valence-corrected chi connectivity index (χ2v) is 4.65. The molecule has 0 bridgehead atoms. The van der Waals surface area contributed by atoms with Gasteiger partial charge in [0, 0.05) is 22.3 Å². The maximum absolute atomic E-state index is 11.2. The lowest BCUT2D eigenvalue weighted by Gasteiger charge is -2.02. The van der Waals surface area contributed by atoms with Crippen molar-refractivity contribution in [1.29, 1.82) is 0 Å². The first kappa shape index (κ1) is 11.3. The van der Waals surface area contributed by atoms with Crippen molar-refractivity contribution in [1.82, 2.24) is 25.5 Å². The van der Waals surface area contributed by atoms with E-state index in [9.17, 15) is 4.21 Å². The highest BCUT2D eigenvalue weighted by atomic mass is 32.2. The Morgan fingerprint density at radius 3 is 3.00 bits per heavy atom. The third-order valence-electron chi connectivity index (χ3n) is 1.79. The lowest BCUT2D eigenvalue weighted by Crippen LogP contribution is -2.16. The van der Waals surface area contributed by atoms with Crippen molar-refractivity contribution in [2.75, 3.05) is 18.6 Å². The van der Waals surface area contributed by atoms with Crippen molar-refractivity contribution in [2.24, 2.45) is 0 Å². The number of hydrogen-bond donors (Lipinski definition) is 1. The Bertz CT molecular complexity index is 300. The fraction of sp³-hybridized carbons (Fsp3) is 0.857. The second-order valence-electron chi connectivity index (χ2n) is 2.78. The smallest absolute Gasteiger partial charge is 0.165 e. The number of nitrogens with zero attached hydrogens (tertiary/aromatic N) is 4. The van der Waals surface area contributed by atoms with Crippen LogP contribution >= 0.6 is 0 Å². The molecular weight excluding hydrogens is 202 g/mol. The fourth-order valence-corrected chi connectivity index (χ4v) is 1.68. The number of nitrogens with one attached hydrogen (secondary N) is 1. The third-order valence-corrected chi connectivity index (χ3v) is 3.08. The number of tetrazole rings is 1. The van der Waals surface area contributed by atoms with Crippen molar-refractivity contribution in [3.05, 3.63) is 5.82 Å². The van der Waals surface area contributed by atoms with E-state index in [1.807, 2.05) is 14.0 Å². The molecule has 0 amide bonds. The van der Waals surface area contributed by atoms with Crippen LogP contribution in [0.2, 0.25) is 0 Å². The topological polar surface area (TPSA) is 72.7 Å². The zero-order valence-electron chi connectivity index (χ0n) is 8.43. The Morgan fingerprint density at radius 1 is 1.57 bits per heavy atom. The zero-order chi connectivity index (χ0) is 10.4. The minimum Gasteiger partial charge on any atom is -0.313 e. The Hall–Kier alpha value is -0.820. The summed E-state index contributed by atoms with van der Waals surface area (Å²) in [6.07, 6.45) is 0. The molecule has 1 aromatic rings. The normalized spacial score (nSPS) is 13.0. The Balaban J connectivity index is 2.49. The molecule has 0 aliphatic carbocycles. The van der Waals surface area contributed by atoms with E-state index >= 15 is 0 Å². The SMILES string of the molecule is CCS(=O)CCn1nnnc1CNC. The summed E-state index contributed by atoms with van der Waals surface area (Å²) in [6, 6.07) is 0. The number of aromatic nitrogens is 4. The molecule has 1 rings (SSSR count). The summed E-state index contributed by atoms with van der Waals surface area (Å²) in [7, 11) is 1.08. The molecule has 14 heavy (non-hydrogen) atoms. The Labute approximate surface area is 85.5 Å².